The van der Waals surface area contributed by atoms with E-state index in [2.05, 4.69) is 10.5 Å². The van der Waals surface area contributed by atoms with Gasteiger partial charge in [0.1, 0.15) is 0 Å². The van der Waals surface area contributed by atoms with Crippen molar-refractivity contribution in [3.8, 4) is 5.69 Å². The first-order chi connectivity index (χ1) is 14.4. The lowest BCUT2D eigenvalue weighted by atomic mass is 10.1. The Hall–Kier alpha value is -3.38. The molecule has 0 fully saturated rings. The Bertz CT molecular complexity index is 1100. The summed E-state index contributed by atoms with van der Waals surface area (Å²) in [7, 11) is 1.36. The second-order valence-electron chi connectivity index (χ2n) is 6.80. The minimum absolute atomic E-state index is 0.215. The number of nitrogens with one attached hydrogen (secondary N) is 1. The van der Waals surface area contributed by atoms with Crippen molar-refractivity contribution in [3.63, 3.8) is 0 Å². The molecule has 0 unspecified atom stereocenters. The smallest absolute Gasteiger partial charge is 0.337 e. The van der Waals surface area contributed by atoms with Gasteiger partial charge < -0.3 is 9.30 Å². The largest absolute Gasteiger partial charge is 0.465 e. The highest BCUT2D eigenvalue weighted by Gasteiger charge is 2.12. The predicted octanol–water partition coefficient (Wildman–Crippen LogP) is 4.23. The van der Waals surface area contributed by atoms with Gasteiger partial charge in [-0.15, -0.1) is 0 Å². The number of hydrogen-bond donors (Lipinski definition) is 1. The molecule has 7 heteroatoms. The minimum atomic E-state index is -0.385. The van der Waals surface area contributed by atoms with E-state index in [9.17, 15) is 9.59 Å². The van der Waals surface area contributed by atoms with Crippen LogP contribution < -0.4 is 5.43 Å². The fourth-order valence-electron chi connectivity index (χ4n) is 3.21. The van der Waals surface area contributed by atoms with Gasteiger partial charge in [0, 0.05) is 27.7 Å². The molecular formula is C23H22ClN3O3. The van der Waals surface area contributed by atoms with Crippen molar-refractivity contribution >= 4 is 29.7 Å². The van der Waals surface area contributed by atoms with Crippen molar-refractivity contribution in [2.75, 3.05) is 7.11 Å². The van der Waals surface area contributed by atoms with Gasteiger partial charge in [-0.1, -0.05) is 29.8 Å². The Kier molecular flexibility index (Phi) is 6.69. The second kappa shape index (κ2) is 9.41. The number of hydrazone groups is 1. The molecule has 1 amide bonds. The fourth-order valence-corrected chi connectivity index (χ4v) is 3.33. The number of methoxy groups -OCH3 is 1. The normalized spacial score (nSPS) is 10.9. The third-order valence-corrected chi connectivity index (χ3v) is 4.92. The van der Waals surface area contributed by atoms with Crippen LogP contribution in [0.1, 0.15) is 32.9 Å². The summed E-state index contributed by atoms with van der Waals surface area (Å²) in [4.78, 5) is 23.9. The van der Waals surface area contributed by atoms with Gasteiger partial charge >= 0.3 is 5.97 Å². The molecule has 6 nitrogen and oxygen atoms in total. The lowest BCUT2D eigenvalue weighted by Gasteiger charge is -2.10. The number of hydrogen-bond acceptors (Lipinski definition) is 4. The summed E-state index contributed by atoms with van der Waals surface area (Å²) in [5.41, 5.74) is 7.51. The average molecular weight is 424 g/mol. The van der Waals surface area contributed by atoms with E-state index in [0.717, 1.165) is 28.2 Å². The molecule has 0 spiro atoms. The fraction of sp³-hybridized carbons (Fsp3) is 0.174. The second-order valence-corrected chi connectivity index (χ2v) is 7.24. The van der Waals surface area contributed by atoms with Crippen LogP contribution in [-0.4, -0.2) is 29.8 Å². The zero-order chi connectivity index (χ0) is 21.7. The third-order valence-electron chi connectivity index (χ3n) is 4.67. The molecule has 30 heavy (non-hydrogen) atoms. The summed E-state index contributed by atoms with van der Waals surface area (Å²) in [6.45, 7) is 3.92. The molecular weight excluding hydrogens is 402 g/mol. The topological polar surface area (TPSA) is 72.7 Å². The minimum Gasteiger partial charge on any atom is -0.465 e. The van der Waals surface area contributed by atoms with Crippen LogP contribution in [0.4, 0.5) is 0 Å². The number of aromatic nitrogens is 1. The van der Waals surface area contributed by atoms with Crippen LogP contribution in [0.25, 0.3) is 5.69 Å². The van der Waals surface area contributed by atoms with Crippen molar-refractivity contribution in [1.82, 2.24) is 9.99 Å². The number of esters is 1. The van der Waals surface area contributed by atoms with Crippen LogP contribution in [0.3, 0.4) is 0 Å². The highest BCUT2D eigenvalue weighted by molar-refractivity contribution is 6.30. The molecule has 3 aromatic rings. The number of benzene rings is 2. The summed E-state index contributed by atoms with van der Waals surface area (Å²) >= 11 is 5.86. The van der Waals surface area contributed by atoms with Crippen LogP contribution in [-0.2, 0) is 16.0 Å². The molecule has 1 N–H and O–H groups in total. The number of rotatable bonds is 6. The Morgan fingerprint density at radius 3 is 2.57 bits per heavy atom. The number of nitrogens with zero attached hydrogens (tertiary/aromatic N) is 2. The maximum atomic E-state index is 12.1. The van der Waals surface area contributed by atoms with Crippen molar-refractivity contribution < 1.29 is 14.3 Å². The van der Waals surface area contributed by atoms with E-state index in [1.807, 2.05) is 48.7 Å². The first-order valence-electron chi connectivity index (χ1n) is 9.33. The quantitative estimate of drug-likeness (QED) is 0.366. The predicted molar refractivity (Wildman–Crippen MR) is 117 cm³/mol. The summed E-state index contributed by atoms with van der Waals surface area (Å²) in [6, 6.07) is 16.3. The summed E-state index contributed by atoms with van der Waals surface area (Å²) in [5, 5.41) is 4.71. The zero-order valence-electron chi connectivity index (χ0n) is 17.0. The number of halogens is 1. The SMILES string of the molecule is COC(=O)c1cccc(-n2c(C)cc(/C=N\NC(=O)Cc3ccc(Cl)cc3)c2C)c1. The first kappa shape index (κ1) is 21.3. The molecule has 0 atom stereocenters. The van der Waals surface area contributed by atoms with Crippen LogP contribution >= 0.6 is 11.6 Å². The number of carbonyl (C=O) groups is 2. The molecule has 0 aliphatic rings. The Balaban J connectivity index is 1.73. The molecule has 2 aromatic carbocycles. The Morgan fingerprint density at radius 1 is 1.13 bits per heavy atom. The van der Waals surface area contributed by atoms with Crippen molar-refractivity contribution in [2.24, 2.45) is 5.10 Å². The average Bonchev–Trinajstić information content (AvgIpc) is 3.02. The molecule has 0 bridgehead atoms. The van der Waals surface area contributed by atoms with Gasteiger partial charge in [0.2, 0.25) is 5.91 Å². The zero-order valence-corrected chi connectivity index (χ0v) is 17.7. The Labute approximate surface area is 180 Å². The Morgan fingerprint density at radius 2 is 1.87 bits per heavy atom. The highest BCUT2D eigenvalue weighted by Crippen LogP contribution is 2.21. The van der Waals surface area contributed by atoms with Gasteiger partial charge in [-0.05, 0) is 55.8 Å². The van der Waals surface area contributed by atoms with Crippen LogP contribution in [0, 0.1) is 13.8 Å². The van der Waals surface area contributed by atoms with E-state index < -0.39 is 0 Å². The number of amides is 1. The third kappa shape index (κ3) is 4.96. The van der Waals surface area contributed by atoms with Crippen molar-refractivity contribution in [2.45, 2.75) is 20.3 Å². The van der Waals surface area contributed by atoms with Crippen molar-refractivity contribution in [1.29, 1.82) is 0 Å². The van der Waals surface area contributed by atoms with Crippen molar-refractivity contribution in [3.05, 3.63) is 87.7 Å². The molecule has 0 radical (unpaired) electrons. The first-order valence-corrected chi connectivity index (χ1v) is 9.71. The molecule has 1 aromatic heterocycles. The van der Waals surface area contributed by atoms with Gasteiger partial charge in [0.05, 0.1) is 25.3 Å². The number of carbonyl (C=O) groups excluding carboxylic acids is 2. The highest BCUT2D eigenvalue weighted by atomic mass is 35.5. The standard InChI is InChI=1S/C23H22ClN3O3/c1-15-11-19(14-25-26-22(28)12-17-7-9-20(24)10-8-17)16(2)27(15)21-6-4-5-18(13-21)23(29)30-3/h4-11,13-14H,12H2,1-3H3,(H,26,28)/b25-14-. The lowest BCUT2D eigenvalue weighted by Crippen LogP contribution is -2.19. The van der Waals surface area contributed by atoms with E-state index >= 15 is 0 Å². The van der Waals surface area contributed by atoms with E-state index in [0.29, 0.717) is 10.6 Å². The van der Waals surface area contributed by atoms with Gasteiger partial charge in [-0.3, -0.25) is 4.79 Å². The molecule has 3 rings (SSSR count). The molecule has 0 saturated carbocycles. The molecule has 0 aliphatic heterocycles. The number of aryl methyl sites for hydroxylation is 1. The van der Waals surface area contributed by atoms with Crippen LogP contribution in [0.2, 0.25) is 5.02 Å². The monoisotopic (exact) mass is 423 g/mol. The van der Waals surface area contributed by atoms with Gasteiger partial charge in [0.25, 0.3) is 0 Å². The molecule has 0 saturated heterocycles. The van der Waals surface area contributed by atoms with E-state index in [4.69, 9.17) is 16.3 Å². The molecule has 0 aliphatic carbocycles. The van der Waals surface area contributed by atoms with Crippen LogP contribution in [0.5, 0.6) is 0 Å². The van der Waals surface area contributed by atoms with Crippen LogP contribution in [0.15, 0.2) is 59.7 Å². The lowest BCUT2D eigenvalue weighted by molar-refractivity contribution is -0.120. The molecule has 154 valence electrons. The maximum absolute atomic E-state index is 12.1. The summed E-state index contributed by atoms with van der Waals surface area (Å²) in [6.07, 6.45) is 1.83. The number of ether oxygens (including phenoxy) is 1. The van der Waals surface area contributed by atoms with E-state index in [1.54, 1.807) is 30.5 Å². The van der Waals surface area contributed by atoms with Gasteiger partial charge in [0.15, 0.2) is 0 Å². The van der Waals surface area contributed by atoms with E-state index in [-0.39, 0.29) is 18.3 Å². The van der Waals surface area contributed by atoms with Gasteiger partial charge in [-0.25, -0.2) is 10.2 Å². The molecule has 1 heterocycles. The maximum Gasteiger partial charge on any atom is 0.337 e. The van der Waals surface area contributed by atoms with E-state index in [1.165, 1.54) is 7.11 Å². The summed E-state index contributed by atoms with van der Waals surface area (Å²) < 4.78 is 6.82. The summed E-state index contributed by atoms with van der Waals surface area (Å²) in [5.74, 6) is -0.599. The van der Waals surface area contributed by atoms with Gasteiger partial charge in [-0.2, -0.15) is 5.10 Å².